The molecule has 2 aromatic carbocycles. The Morgan fingerprint density at radius 3 is 1.88 bits per heavy atom. The molecule has 0 aliphatic carbocycles. The standard InChI is InChI=1S/C24H23F4N2O10P/c1-35-14-3-7-16(8-4-14)39-41(34,40-17-9-5-15(36-2)6-10-17)37-13-23(20(25)26)19(32)24(27,28)21(38-23)30-12-11-18(31)29-22(30)33/h3-12,19-21,32H,13H2,1-2H3,(H,29,31,33)/t19?,21-,23-/m0/s1. The van der Waals surface area contributed by atoms with Crippen molar-refractivity contribution in [2.75, 3.05) is 20.8 Å². The molecule has 1 aliphatic rings. The molecule has 0 amide bonds. The van der Waals surface area contributed by atoms with Gasteiger partial charge < -0.3 is 28.4 Å². The van der Waals surface area contributed by atoms with Crippen LogP contribution in [0.25, 0.3) is 0 Å². The fourth-order valence-corrected chi connectivity index (χ4v) is 5.06. The molecule has 2 N–H and O–H groups in total. The van der Waals surface area contributed by atoms with Gasteiger partial charge in [0, 0.05) is 12.3 Å². The van der Waals surface area contributed by atoms with Crippen LogP contribution in [0.2, 0.25) is 0 Å². The van der Waals surface area contributed by atoms with Crippen molar-refractivity contribution >= 4 is 7.82 Å². The zero-order chi connectivity index (χ0) is 30.0. The first kappa shape index (κ1) is 30.1. The number of phosphoric ester groups is 1. The molecule has 0 radical (unpaired) electrons. The van der Waals surface area contributed by atoms with E-state index in [1.165, 1.54) is 62.8 Å². The summed E-state index contributed by atoms with van der Waals surface area (Å²) in [7, 11) is -2.22. The number of phosphoric acid groups is 1. The maximum atomic E-state index is 15.1. The molecule has 17 heteroatoms. The molecule has 41 heavy (non-hydrogen) atoms. The summed E-state index contributed by atoms with van der Waals surface area (Å²) in [6.07, 6.45) is -9.38. The summed E-state index contributed by atoms with van der Waals surface area (Å²) in [6, 6.07) is 11.4. The van der Waals surface area contributed by atoms with Crippen molar-refractivity contribution in [3.63, 3.8) is 0 Å². The Morgan fingerprint density at radius 2 is 1.44 bits per heavy atom. The van der Waals surface area contributed by atoms with Crippen LogP contribution >= 0.6 is 7.82 Å². The van der Waals surface area contributed by atoms with Gasteiger partial charge in [-0.05, 0) is 48.5 Å². The van der Waals surface area contributed by atoms with Gasteiger partial charge in [-0.25, -0.2) is 18.1 Å². The average Bonchev–Trinajstić information content (AvgIpc) is 3.14. The van der Waals surface area contributed by atoms with Crippen molar-refractivity contribution < 1.29 is 55.0 Å². The number of hydrogen-bond acceptors (Lipinski definition) is 10. The van der Waals surface area contributed by atoms with Gasteiger partial charge in [0.25, 0.3) is 12.0 Å². The molecule has 0 saturated carbocycles. The lowest BCUT2D eigenvalue weighted by molar-refractivity contribution is -0.193. The highest BCUT2D eigenvalue weighted by atomic mass is 31.2. The van der Waals surface area contributed by atoms with Gasteiger partial charge in [-0.15, -0.1) is 0 Å². The molecule has 222 valence electrons. The van der Waals surface area contributed by atoms with Crippen LogP contribution in [0, 0.1) is 0 Å². The third-order valence-electron chi connectivity index (χ3n) is 5.96. The van der Waals surface area contributed by atoms with Crippen LogP contribution in [-0.4, -0.2) is 59.5 Å². The number of ether oxygens (including phenoxy) is 3. The average molecular weight is 606 g/mol. The largest absolute Gasteiger partial charge is 0.587 e. The van der Waals surface area contributed by atoms with E-state index in [0.717, 1.165) is 0 Å². The van der Waals surface area contributed by atoms with E-state index < -0.39 is 56.0 Å². The summed E-state index contributed by atoms with van der Waals surface area (Å²) in [5.41, 5.74) is -5.91. The summed E-state index contributed by atoms with van der Waals surface area (Å²) < 4.78 is 104. The Kier molecular flexibility index (Phi) is 8.49. The quantitative estimate of drug-likeness (QED) is 0.246. The number of nitrogens with one attached hydrogen (secondary N) is 1. The van der Waals surface area contributed by atoms with Gasteiger partial charge in [0.05, 0.1) is 20.8 Å². The van der Waals surface area contributed by atoms with Crippen LogP contribution < -0.4 is 29.8 Å². The number of aliphatic hydroxyl groups excluding tert-OH is 1. The number of H-pyrrole nitrogens is 1. The van der Waals surface area contributed by atoms with Crippen molar-refractivity contribution in [3.05, 3.63) is 81.6 Å². The summed E-state index contributed by atoms with van der Waals surface area (Å²) in [5, 5.41) is 10.4. The lowest BCUT2D eigenvalue weighted by atomic mass is 9.96. The first-order chi connectivity index (χ1) is 19.3. The Balaban J connectivity index is 1.67. The third-order valence-corrected chi connectivity index (χ3v) is 7.28. The first-order valence-electron chi connectivity index (χ1n) is 11.6. The van der Waals surface area contributed by atoms with Crippen LogP contribution in [0.1, 0.15) is 6.23 Å². The topological polar surface area (TPSA) is 148 Å². The van der Waals surface area contributed by atoms with E-state index in [0.29, 0.717) is 23.8 Å². The zero-order valence-electron chi connectivity index (χ0n) is 21.2. The van der Waals surface area contributed by atoms with E-state index >= 15 is 8.78 Å². The molecule has 4 rings (SSSR count). The van der Waals surface area contributed by atoms with E-state index in [1.54, 1.807) is 4.98 Å². The van der Waals surface area contributed by atoms with Crippen LogP contribution in [0.15, 0.2) is 70.4 Å². The maximum Gasteiger partial charge on any atom is 0.587 e. The summed E-state index contributed by atoms with van der Waals surface area (Å²) in [6.45, 7) is -1.65. The second-order valence-corrected chi connectivity index (χ2v) is 10.1. The summed E-state index contributed by atoms with van der Waals surface area (Å²) >= 11 is 0. The molecule has 3 aromatic rings. The lowest BCUT2D eigenvalue weighted by Crippen LogP contribution is -2.54. The number of rotatable bonds is 11. The fraction of sp³-hybridized carbons (Fsp3) is 0.333. The number of alkyl halides is 4. The second kappa shape index (κ2) is 11.6. The lowest BCUT2D eigenvalue weighted by Gasteiger charge is -2.31. The van der Waals surface area contributed by atoms with Crippen molar-refractivity contribution in [3.8, 4) is 23.0 Å². The van der Waals surface area contributed by atoms with Gasteiger partial charge in [-0.2, -0.15) is 8.78 Å². The molecule has 0 bridgehead atoms. The van der Waals surface area contributed by atoms with Crippen molar-refractivity contribution in [2.24, 2.45) is 0 Å². The minimum atomic E-state index is -4.99. The molecule has 12 nitrogen and oxygen atoms in total. The van der Waals surface area contributed by atoms with Crippen LogP contribution in [0.5, 0.6) is 23.0 Å². The molecule has 1 aromatic heterocycles. The van der Waals surface area contributed by atoms with Crippen molar-refractivity contribution in [2.45, 2.75) is 30.3 Å². The Hall–Kier alpha value is -3.85. The normalized spacial score (nSPS) is 22.0. The van der Waals surface area contributed by atoms with Crippen molar-refractivity contribution in [1.82, 2.24) is 9.55 Å². The Morgan fingerprint density at radius 1 is 0.951 bits per heavy atom. The molecule has 1 unspecified atom stereocenters. The zero-order valence-corrected chi connectivity index (χ0v) is 22.1. The predicted molar refractivity (Wildman–Crippen MR) is 132 cm³/mol. The fourth-order valence-electron chi connectivity index (χ4n) is 3.80. The highest BCUT2D eigenvalue weighted by Crippen LogP contribution is 2.55. The first-order valence-corrected chi connectivity index (χ1v) is 13.0. The van der Waals surface area contributed by atoms with Gasteiger partial charge >= 0.3 is 19.4 Å². The van der Waals surface area contributed by atoms with Gasteiger partial charge in [-0.1, -0.05) is 0 Å². The molecule has 1 saturated heterocycles. The van der Waals surface area contributed by atoms with E-state index in [4.69, 9.17) is 27.8 Å². The minimum Gasteiger partial charge on any atom is -0.497 e. The molecule has 1 aliphatic heterocycles. The number of aliphatic hydroxyl groups is 1. The number of hydrogen-bond donors (Lipinski definition) is 2. The van der Waals surface area contributed by atoms with Gasteiger partial charge in [0.2, 0.25) is 6.23 Å². The number of aromatic amines is 1. The number of halogens is 4. The number of nitrogens with zero attached hydrogens (tertiary/aromatic N) is 1. The predicted octanol–water partition coefficient (Wildman–Crippen LogP) is 3.37. The summed E-state index contributed by atoms with van der Waals surface area (Å²) in [5.74, 6) is -4.04. The SMILES string of the molecule is COc1ccc(OP(=O)(OC[C@]2(C(F)F)O[C@H](n3ccc(=O)[nH]c3=O)C(F)(F)C2O)Oc2ccc(OC)cc2)cc1. The highest BCUT2D eigenvalue weighted by Gasteiger charge is 2.71. The summed E-state index contributed by atoms with van der Waals surface area (Å²) in [4.78, 5) is 25.1. The molecular weight excluding hydrogens is 583 g/mol. The smallest absolute Gasteiger partial charge is 0.497 e. The van der Waals surface area contributed by atoms with Crippen molar-refractivity contribution in [1.29, 1.82) is 0 Å². The minimum absolute atomic E-state index is 0.121. The number of aromatic nitrogens is 2. The Bertz CT molecular complexity index is 1460. The number of benzene rings is 2. The number of methoxy groups -OCH3 is 2. The molecule has 0 spiro atoms. The van der Waals surface area contributed by atoms with Gasteiger partial charge in [0.1, 0.15) is 23.0 Å². The monoisotopic (exact) mass is 606 g/mol. The van der Waals surface area contributed by atoms with Gasteiger partial charge in [0.15, 0.2) is 11.7 Å². The highest BCUT2D eigenvalue weighted by molar-refractivity contribution is 7.49. The third kappa shape index (κ3) is 6.10. The molecule has 2 heterocycles. The van der Waals surface area contributed by atoms with Crippen LogP contribution in [-0.2, 0) is 13.8 Å². The van der Waals surface area contributed by atoms with Crippen LogP contribution in [0.3, 0.4) is 0 Å². The molecule has 1 fully saturated rings. The second-order valence-electron chi connectivity index (χ2n) is 8.57. The van der Waals surface area contributed by atoms with E-state index in [9.17, 15) is 28.0 Å². The Labute approximate surface area is 228 Å². The van der Waals surface area contributed by atoms with Crippen LogP contribution in [0.4, 0.5) is 17.6 Å². The maximum absolute atomic E-state index is 15.1. The molecular formula is C24H23F4N2O10P. The van der Waals surface area contributed by atoms with E-state index in [2.05, 4.69) is 0 Å². The van der Waals surface area contributed by atoms with E-state index in [1.807, 2.05) is 0 Å². The van der Waals surface area contributed by atoms with E-state index in [-0.39, 0.29) is 16.1 Å². The van der Waals surface area contributed by atoms with Gasteiger partial charge in [-0.3, -0.25) is 18.9 Å². The molecule has 3 atom stereocenters.